The number of carboxylic acids is 1. The molecule has 0 aliphatic carbocycles. The number of nitrogens with one attached hydrogen (secondary N) is 11. The third-order valence-electron chi connectivity index (χ3n) is 16.8. The number of unbranched alkanes of at least 4 members (excludes halogenated alkanes) is 1. The molecule has 0 spiro atoms. The fraction of sp³-hybridized carbons (Fsp3) is 0.470. The summed E-state index contributed by atoms with van der Waals surface area (Å²) in [5, 5.41) is 55.6. The largest absolute Gasteiger partial charge is 0.480 e. The summed E-state index contributed by atoms with van der Waals surface area (Å²) in [6.45, 7) is 3.85. The second kappa shape index (κ2) is 37.0. The number of likely N-dealkylation sites (tertiary alicyclic amines) is 1. The van der Waals surface area contributed by atoms with Crippen LogP contribution in [0.4, 0.5) is 4.79 Å². The Morgan fingerprint density at radius 2 is 1.09 bits per heavy atom. The Kier molecular flexibility index (Phi) is 29.1. The molecule has 2 aromatic heterocycles. The quantitative estimate of drug-likeness (QED) is 0.0206. The van der Waals surface area contributed by atoms with Crippen molar-refractivity contribution in [2.24, 2.45) is 23.1 Å². The molecule has 3 aromatic carbocycles. The summed E-state index contributed by atoms with van der Waals surface area (Å²) in [7, 11) is 2.63. The number of hydrogen-bond acceptors (Lipinski definition) is 16. The molecule has 0 bridgehead atoms. The van der Waals surface area contributed by atoms with Gasteiger partial charge in [0.05, 0.1) is 6.61 Å². The minimum absolute atomic E-state index is 0.0577. The molecule has 99 heavy (non-hydrogen) atoms. The van der Waals surface area contributed by atoms with Gasteiger partial charge in [-0.05, 0) is 119 Å². The molecule has 0 saturated carbocycles. The number of benzene rings is 3. The number of hydrogen-bond donors (Lipinski definition) is 17. The number of amides is 12. The molecule has 20 N–H and O–H groups in total. The molecule has 3 heterocycles. The molecule has 1 aliphatic heterocycles. The molecule has 536 valence electrons. The molecule has 0 radical (unpaired) electrons. The lowest BCUT2D eigenvalue weighted by Crippen LogP contribution is -2.65. The zero-order valence-electron chi connectivity index (χ0n) is 55.6. The smallest absolute Gasteiger partial charge is 0.405 e. The molecule has 6 rings (SSSR count). The van der Waals surface area contributed by atoms with Gasteiger partial charge in [0.25, 0.3) is 0 Å². The van der Waals surface area contributed by atoms with Gasteiger partial charge in [0.2, 0.25) is 65.0 Å². The van der Waals surface area contributed by atoms with Crippen LogP contribution in [0.15, 0.2) is 85.2 Å². The summed E-state index contributed by atoms with van der Waals surface area (Å²) in [5.41, 5.74) is 19.5. The normalized spacial score (nSPS) is 15.9. The lowest BCUT2D eigenvalue weighted by Gasteiger charge is -2.33. The van der Waals surface area contributed by atoms with Crippen molar-refractivity contribution in [2.75, 3.05) is 33.8 Å². The highest BCUT2D eigenvalue weighted by Gasteiger charge is 2.43. The van der Waals surface area contributed by atoms with E-state index in [2.05, 4.69) is 57.8 Å². The number of para-hydroxylation sites is 2. The van der Waals surface area contributed by atoms with Crippen LogP contribution in [0, 0.1) is 5.92 Å². The van der Waals surface area contributed by atoms with Gasteiger partial charge in [-0.15, -0.1) is 0 Å². The van der Waals surface area contributed by atoms with Gasteiger partial charge in [0.1, 0.15) is 60.4 Å². The summed E-state index contributed by atoms with van der Waals surface area (Å²) in [6.07, 6.45) is 1.01. The molecule has 5 aromatic rings. The van der Waals surface area contributed by atoms with E-state index in [4.69, 9.17) is 28.8 Å². The number of aromatic amines is 2. The molecule has 1 saturated heterocycles. The minimum Gasteiger partial charge on any atom is -0.480 e. The number of carboxylic acid groups (broad SMARTS) is 2. The van der Waals surface area contributed by atoms with Crippen LogP contribution in [0.2, 0.25) is 5.02 Å². The molecule has 1 unspecified atom stereocenters. The van der Waals surface area contributed by atoms with E-state index in [-0.39, 0.29) is 70.4 Å². The van der Waals surface area contributed by atoms with Crippen LogP contribution >= 0.6 is 11.6 Å². The molecular formula is C66H89ClN16O16. The van der Waals surface area contributed by atoms with Crippen LogP contribution in [0.25, 0.3) is 21.8 Å². The summed E-state index contributed by atoms with van der Waals surface area (Å²) in [4.78, 5) is 187. The van der Waals surface area contributed by atoms with E-state index in [1.54, 1.807) is 99.0 Å². The maximum absolute atomic E-state index is 14.8. The van der Waals surface area contributed by atoms with Crippen molar-refractivity contribution < 1.29 is 77.6 Å². The van der Waals surface area contributed by atoms with Gasteiger partial charge in [-0.25, -0.2) is 9.59 Å². The predicted molar refractivity (Wildman–Crippen MR) is 362 cm³/mol. The first-order chi connectivity index (χ1) is 47.0. The van der Waals surface area contributed by atoms with Crippen molar-refractivity contribution in [2.45, 2.75) is 158 Å². The standard InChI is InChI=1S/C66H89ClN16O16/c1-34(2)27-46(57(88)75-45(23-24-52(69)85)64(95)83-26-12-18-51(83)62(93)73-35(3)55(70)86)78-63(94)54(82(4)5)53(65(96)97)81-56(87)44(17-10-11-25-68)74-61(92)50(33-84)79-59(90)48(29-37-31-71-42-15-8-6-13-40(37)42)77-58(89)47(28-36-19-21-39(67)22-20-36)76-60(91)49(80-66(98)99)30-38-32-72-43-16-9-7-14-41(38)43/h6-9,13-16,19-22,31-32,34-35,44-51,53-54,71-72,80,84H,10-12,17-18,23-30,33,68H2,1-5H3,(H2,69,85)(H2,70,86)(H,73,93)(H,74,92)(H,75,88)(H,76,91)(H,77,89)(H,78,94)(H,79,90)(H,81,87)(H,96,97)(H,98,99)/t35-,44-,45+,46+,47-,48-,49-,50+,51+,53?,54+/m1/s1. The Morgan fingerprint density at radius 3 is 1.61 bits per heavy atom. The maximum atomic E-state index is 14.8. The van der Waals surface area contributed by atoms with Crippen molar-refractivity contribution in [3.63, 3.8) is 0 Å². The van der Waals surface area contributed by atoms with Crippen molar-refractivity contribution in [1.29, 1.82) is 0 Å². The van der Waals surface area contributed by atoms with Gasteiger partial charge in [-0.1, -0.05) is 74.0 Å². The van der Waals surface area contributed by atoms with Gasteiger partial charge in [0, 0.05) is 71.5 Å². The number of H-pyrrole nitrogens is 2. The fourth-order valence-corrected chi connectivity index (χ4v) is 11.7. The van der Waals surface area contributed by atoms with E-state index < -0.39 is 157 Å². The van der Waals surface area contributed by atoms with E-state index >= 15 is 0 Å². The molecule has 33 heteroatoms. The van der Waals surface area contributed by atoms with Crippen molar-refractivity contribution in [3.8, 4) is 0 Å². The molecular weight excluding hydrogens is 1310 g/mol. The average Bonchev–Trinajstić information content (AvgIpc) is 1.77. The van der Waals surface area contributed by atoms with Gasteiger partial charge in [-0.3, -0.25) is 57.6 Å². The van der Waals surface area contributed by atoms with Crippen LogP contribution in [-0.4, -0.2) is 212 Å². The first-order valence-corrected chi connectivity index (χ1v) is 32.7. The van der Waals surface area contributed by atoms with Gasteiger partial charge in [0.15, 0.2) is 6.04 Å². The first-order valence-electron chi connectivity index (χ1n) is 32.4. The zero-order valence-corrected chi connectivity index (χ0v) is 56.3. The van der Waals surface area contributed by atoms with E-state index in [0.717, 1.165) is 10.4 Å². The van der Waals surface area contributed by atoms with Crippen LogP contribution in [0.5, 0.6) is 0 Å². The lowest BCUT2D eigenvalue weighted by molar-refractivity contribution is -0.147. The van der Waals surface area contributed by atoms with Gasteiger partial charge >= 0.3 is 12.1 Å². The lowest BCUT2D eigenvalue weighted by atomic mass is 9.99. The van der Waals surface area contributed by atoms with Crippen LogP contribution in [0.3, 0.4) is 0 Å². The number of halogens is 1. The van der Waals surface area contributed by atoms with E-state index in [9.17, 15) is 77.6 Å². The summed E-state index contributed by atoms with van der Waals surface area (Å²) in [5.74, 6) is -12.5. The Hall–Kier alpha value is -10.2. The number of fused-ring (bicyclic) bond motifs is 2. The van der Waals surface area contributed by atoms with Crippen molar-refractivity contribution in [1.82, 2.24) is 67.6 Å². The van der Waals surface area contributed by atoms with Gasteiger partial charge in [-0.2, -0.15) is 0 Å². The molecule has 12 amide bonds. The number of aromatic nitrogens is 2. The number of rotatable bonds is 38. The number of aliphatic hydroxyl groups excluding tert-OH is 1. The third-order valence-corrected chi connectivity index (χ3v) is 17.0. The van der Waals surface area contributed by atoms with Crippen LogP contribution in [0.1, 0.15) is 88.8 Å². The fourth-order valence-electron chi connectivity index (χ4n) is 11.6. The zero-order chi connectivity index (χ0) is 72.8. The number of primary amides is 2. The highest BCUT2D eigenvalue weighted by molar-refractivity contribution is 6.30. The second-order valence-corrected chi connectivity index (χ2v) is 25.4. The Bertz CT molecular complexity index is 3710. The molecule has 1 fully saturated rings. The van der Waals surface area contributed by atoms with E-state index in [1.807, 2.05) is 0 Å². The second-order valence-electron chi connectivity index (χ2n) is 25.0. The Morgan fingerprint density at radius 1 is 0.596 bits per heavy atom. The van der Waals surface area contributed by atoms with E-state index in [1.165, 1.54) is 25.9 Å². The maximum Gasteiger partial charge on any atom is 0.405 e. The monoisotopic (exact) mass is 1400 g/mol. The minimum atomic E-state index is -2.13. The summed E-state index contributed by atoms with van der Waals surface area (Å²) in [6, 6.07) is 3.33. The van der Waals surface area contributed by atoms with Crippen molar-refractivity contribution >= 4 is 110 Å². The highest BCUT2D eigenvalue weighted by atomic mass is 35.5. The number of aliphatic carboxylic acids is 1. The number of nitrogens with zero attached hydrogens (tertiary/aromatic N) is 2. The van der Waals surface area contributed by atoms with Crippen LogP contribution < -0.4 is 65.1 Å². The topological polar surface area (TPSA) is 507 Å². The number of carbonyl (C=O) groups excluding carboxylic acids is 11. The number of carbonyl (C=O) groups is 13. The highest BCUT2D eigenvalue weighted by Crippen LogP contribution is 2.24. The summed E-state index contributed by atoms with van der Waals surface area (Å²) >= 11 is 6.20. The Balaban J connectivity index is 1.23. The first kappa shape index (κ1) is 77.8. The Labute approximate surface area is 575 Å². The van der Waals surface area contributed by atoms with Gasteiger partial charge < -0.3 is 95.2 Å². The third kappa shape index (κ3) is 22.4. The van der Waals surface area contributed by atoms with Crippen LogP contribution in [-0.2, 0) is 76.8 Å². The van der Waals surface area contributed by atoms with Crippen molar-refractivity contribution in [3.05, 3.63) is 107 Å². The summed E-state index contributed by atoms with van der Waals surface area (Å²) < 4.78 is 0. The molecule has 32 nitrogen and oxygen atoms in total. The van der Waals surface area contributed by atoms with E-state index in [0.29, 0.717) is 50.8 Å². The number of nitrogens with two attached hydrogens (primary N) is 3. The predicted octanol–water partition coefficient (Wildman–Crippen LogP) is -1.21. The molecule has 1 aliphatic rings. The number of likely N-dealkylation sites (N-methyl/N-ethyl adjacent to an activating group) is 1. The molecule has 11 atom stereocenters. The SMILES string of the molecule is CC(C)C[C@H](NC(=O)[C@H](C(NC(=O)[C@@H](CCCCN)NC(=O)[C@H](CO)NC(=O)[C@@H](Cc1c[nH]c2ccccc12)NC(=O)[C@@H](Cc1ccc(Cl)cc1)NC(=O)[C@@H](Cc1c[nH]c2ccccc12)NC(=O)O)C(=O)O)N(C)C)C(=O)N[C@@H](CCC(N)=O)C(=O)N1CCC[C@H]1C(=O)N[C@H](C)C(N)=O. The average molecular weight is 1400 g/mol. The number of aliphatic hydroxyl groups is 1.